The molecule has 148 valence electrons. The summed E-state index contributed by atoms with van der Waals surface area (Å²) in [6, 6.07) is 11.2. The van der Waals surface area contributed by atoms with Crippen molar-refractivity contribution in [1.82, 2.24) is 0 Å². The predicted octanol–water partition coefficient (Wildman–Crippen LogP) is 5.42. The van der Waals surface area contributed by atoms with Crippen LogP contribution in [-0.2, 0) is 11.2 Å². The second-order valence-corrected chi connectivity index (χ2v) is 6.63. The highest BCUT2D eigenvalue weighted by molar-refractivity contribution is 5.28. The quantitative estimate of drug-likeness (QED) is 0.489. The molecule has 0 N–H and O–H groups in total. The first kappa shape index (κ1) is 21.2. The molecule has 0 saturated heterocycles. The Morgan fingerprint density at radius 2 is 1.78 bits per heavy atom. The van der Waals surface area contributed by atoms with E-state index in [1.807, 2.05) is 31.2 Å². The van der Waals surface area contributed by atoms with Crippen molar-refractivity contribution in [2.24, 2.45) is 5.92 Å². The lowest BCUT2D eigenvalue weighted by molar-refractivity contribution is 0.00758. The van der Waals surface area contributed by atoms with Crippen LogP contribution in [0.2, 0.25) is 0 Å². The van der Waals surface area contributed by atoms with Crippen LogP contribution in [0.5, 0.6) is 11.5 Å². The summed E-state index contributed by atoms with van der Waals surface area (Å²) in [6.45, 7) is 5.08. The van der Waals surface area contributed by atoms with E-state index in [0.717, 1.165) is 36.6 Å². The Bertz CT molecular complexity index is 688. The standard InChI is InChI=1S/C22H28F2O3/c1-4-5-12-26-16(2)18(13-17-6-9-20(25-3)10-7-17)15-27-22-11-8-19(23)14-21(22)24/h6-11,14,16,18H,4-5,12-13,15H2,1-3H3/t16-,18+/m0/s1. The number of ether oxygens (including phenoxy) is 3. The van der Waals surface area contributed by atoms with Gasteiger partial charge in [0.2, 0.25) is 0 Å². The fraction of sp³-hybridized carbons (Fsp3) is 0.455. The van der Waals surface area contributed by atoms with Crippen LogP contribution in [-0.4, -0.2) is 26.4 Å². The third-order valence-electron chi connectivity index (χ3n) is 4.55. The zero-order chi connectivity index (χ0) is 19.6. The first-order chi connectivity index (χ1) is 13.0. The molecule has 2 rings (SSSR count). The molecule has 0 heterocycles. The molecule has 0 aromatic heterocycles. The summed E-state index contributed by atoms with van der Waals surface area (Å²) in [5.74, 6) is -0.438. The Morgan fingerprint density at radius 3 is 2.41 bits per heavy atom. The number of methoxy groups -OCH3 is 1. The van der Waals surface area contributed by atoms with E-state index in [9.17, 15) is 8.78 Å². The van der Waals surface area contributed by atoms with Crippen LogP contribution >= 0.6 is 0 Å². The Labute approximate surface area is 160 Å². The summed E-state index contributed by atoms with van der Waals surface area (Å²) in [7, 11) is 1.63. The van der Waals surface area contributed by atoms with Crippen LogP contribution in [0, 0.1) is 17.6 Å². The van der Waals surface area contributed by atoms with Gasteiger partial charge in [-0.15, -0.1) is 0 Å². The average molecular weight is 378 g/mol. The van der Waals surface area contributed by atoms with Gasteiger partial charge in [0, 0.05) is 18.6 Å². The maximum absolute atomic E-state index is 13.9. The van der Waals surface area contributed by atoms with Crippen molar-refractivity contribution in [3.63, 3.8) is 0 Å². The summed E-state index contributed by atoms with van der Waals surface area (Å²) in [6.07, 6.45) is 2.72. The number of hydrogen-bond acceptors (Lipinski definition) is 3. The zero-order valence-corrected chi connectivity index (χ0v) is 16.2. The third kappa shape index (κ3) is 6.83. The van der Waals surface area contributed by atoms with Crippen LogP contribution in [0.1, 0.15) is 32.3 Å². The maximum Gasteiger partial charge on any atom is 0.167 e. The van der Waals surface area contributed by atoms with Gasteiger partial charge in [-0.1, -0.05) is 25.5 Å². The van der Waals surface area contributed by atoms with E-state index in [2.05, 4.69) is 6.92 Å². The average Bonchev–Trinajstić information content (AvgIpc) is 2.67. The maximum atomic E-state index is 13.9. The summed E-state index contributed by atoms with van der Waals surface area (Å²) in [5, 5.41) is 0. The van der Waals surface area contributed by atoms with E-state index in [0.29, 0.717) is 6.61 Å². The number of rotatable bonds is 11. The second-order valence-electron chi connectivity index (χ2n) is 6.63. The summed E-state index contributed by atoms with van der Waals surface area (Å²) in [4.78, 5) is 0. The second kappa shape index (κ2) is 10.9. The van der Waals surface area contributed by atoms with Gasteiger partial charge in [-0.2, -0.15) is 0 Å². The van der Waals surface area contributed by atoms with Crippen LogP contribution in [0.15, 0.2) is 42.5 Å². The van der Waals surface area contributed by atoms with E-state index in [1.54, 1.807) is 7.11 Å². The first-order valence-corrected chi connectivity index (χ1v) is 9.35. The van der Waals surface area contributed by atoms with Crippen molar-refractivity contribution in [2.45, 2.75) is 39.2 Å². The molecule has 0 amide bonds. The van der Waals surface area contributed by atoms with Crippen LogP contribution < -0.4 is 9.47 Å². The van der Waals surface area contributed by atoms with E-state index in [4.69, 9.17) is 14.2 Å². The zero-order valence-electron chi connectivity index (χ0n) is 16.2. The van der Waals surface area contributed by atoms with Crippen LogP contribution in [0.3, 0.4) is 0 Å². The smallest absolute Gasteiger partial charge is 0.167 e. The fourth-order valence-corrected chi connectivity index (χ4v) is 2.76. The molecule has 0 aliphatic carbocycles. The Hall–Kier alpha value is -2.14. The summed E-state index contributed by atoms with van der Waals surface area (Å²) < 4.78 is 43.7. The topological polar surface area (TPSA) is 27.7 Å². The van der Waals surface area contributed by atoms with Gasteiger partial charge in [-0.25, -0.2) is 8.78 Å². The molecule has 0 aliphatic rings. The molecular formula is C22H28F2O3. The van der Waals surface area contributed by atoms with Gasteiger partial charge >= 0.3 is 0 Å². The third-order valence-corrected chi connectivity index (χ3v) is 4.55. The van der Waals surface area contributed by atoms with E-state index in [1.165, 1.54) is 12.1 Å². The number of hydrogen-bond donors (Lipinski definition) is 0. The first-order valence-electron chi connectivity index (χ1n) is 9.35. The highest BCUT2D eigenvalue weighted by Crippen LogP contribution is 2.22. The molecule has 0 spiro atoms. The fourth-order valence-electron chi connectivity index (χ4n) is 2.76. The number of benzene rings is 2. The summed E-state index contributed by atoms with van der Waals surface area (Å²) >= 11 is 0. The highest BCUT2D eigenvalue weighted by atomic mass is 19.1. The van der Waals surface area contributed by atoms with Gasteiger partial charge in [0.05, 0.1) is 19.8 Å². The lowest BCUT2D eigenvalue weighted by atomic mass is 9.95. The van der Waals surface area contributed by atoms with Crippen molar-refractivity contribution < 1.29 is 23.0 Å². The van der Waals surface area contributed by atoms with Gasteiger partial charge in [-0.3, -0.25) is 0 Å². The lowest BCUT2D eigenvalue weighted by Gasteiger charge is -2.25. The SMILES string of the molecule is CCCCO[C@@H](C)[C@@H](COc1ccc(F)cc1F)Cc1ccc(OC)cc1. The number of halogens is 2. The molecule has 0 radical (unpaired) electrons. The van der Waals surface area contributed by atoms with E-state index in [-0.39, 0.29) is 24.4 Å². The van der Waals surface area contributed by atoms with Crippen LogP contribution in [0.4, 0.5) is 8.78 Å². The number of unbranched alkanes of at least 4 members (excludes halogenated alkanes) is 1. The van der Waals surface area contributed by atoms with Crippen molar-refractivity contribution >= 4 is 0 Å². The minimum atomic E-state index is -0.697. The minimum Gasteiger partial charge on any atom is -0.497 e. The molecule has 0 fully saturated rings. The van der Waals surface area contributed by atoms with Gasteiger partial charge in [0.1, 0.15) is 11.6 Å². The van der Waals surface area contributed by atoms with Crippen molar-refractivity contribution in [2.75, 3.05) is 20.3 Å². The Kier molecular flexibility index (Phi) is 8.52. The Balaban J connectivity index is 2.05. The molecule has 0 unspecified atom stereocenters. The minimum absolute atomic E-state index is 0.0275. The molecule has 2 aromatic rings. The molecule has 0 bridgehead atoms. The largest absolute Gasteiger partial charge is 0.497 e. The monoisotopic (exact) mass is 378 g/mol. The highest BCUT2D eigenvalue weighted by Gasteiger charge is 2.20. The van der Waals surface area contributed by atoms with Crippen molar-refractivity contribution in [3.05, 3.63) is 59.7 Å². The molecule has 3 nitrogen and oxygen atoms in total. The molecule has 0 aliphatic heterocycles. The van der Waals surface area contributed by atoms with Gasteiger partial charge in [0.15, 0.2) is 11.6 Å². The van der Waals surface area contributed by atoms with Gasteiger partial charge in [-0.05, 0) is 49.6 Å². The van der Waals surface area contributed by atoms with Crippen molar-refractivity contribution in [3.8, 4) is 11.5 Å². The normalized spacial score (nSPS) is 13.2. The molecule has 27 heavy (non-hydrogen) atoms. The van der Waals surface area contributed by atoms with Crippen LogP contribution in [0.25, 0.3) is 0 Å². The van der Waals surface area contributed by atoms with E-state index >= 15 is 0 Å². The van der Waals surface area contributed by atoms with E-state index < -0.39 is 11.6 Å². The molecule has 0 saturated carbocycles. The van der Waals surface area contributed by atoms with Crippen molar-refractivity contribution in [1.29, 1.82) is 0 Å². The van der Waals surface area contributed by atoms with Gasteiger partial charge < -0.3 is 14.2 Å². The molecule has 2 aromatic carbocycles. The summed E-state index contributed by atoms with van der Waals surface area (Å²) in [5.41, 5.74) is 1.12. The molecule has 5 heteroatoms. The lowest BCUT2D eigenvalue weighted by Crippen LogP contribution is -2.29. The van der Waals surface area contributed by atoms with Gasteiger partial charge in [0.25, 0.3) is 0 Å². The molecule has 2 atom stereocenters. The molecular weight excluding hydrogens is 350 g/mol. The predicted molar refractivity (Wildman–Crippen MR) is 102 cm³/mol. The Morgan fingerprint density at radius 1 is 1.04 bits per heavy atom.